The number of ether oxygens (including phenoxy) is 2. The van der Waals surface area contributed by atoms with Crippen LogP contribution < -0.4 is 0 Å². The Bertz CT molecular complexity index is 845. The molecule has 1 N–H and O–H groups in total. The predicted octanol–water partition coefficient (Wildman–Crippen LogP) is 10.2. The lowest BCUT2D eigenvalue weighted by atomic mass is 10.1. The van der Waals surface area contributed by atoms with E-state index < -0.39 is 26.5 Å². The number of phosphoric acid groups is 1. The predicted molar refractivity (Wildman–Crippen MR) is 197 cm³/mol. The molecule has 0 rings (SSSR count). The minimum atomic E-state index is -4.36. The van der Waals surface area contributed by atoms with Crippen molar-refractivity contribution >= 4 is 19.8 Å². The number of hydrogen-bond acceptors (Lipinski definition) is 7. The van der Waals surface area contributed by atoms with Crippen LogP contribution in [0.5, 0.6) is 0 Å². The van der Waals surface area contributed by atoms with Gasteiger partial charge >= 0.3 is 19.8 Å². The van der Waals surface area contributed by atoms with Gasteiger partial charge in [0.1, 0.15) is 19.8 Å². The van der Waals surface area contributed by atoms with Crippen molar-refractivity contribution in [2.75, 3.05) is 47.5 Å². The smallest absolute Gasteiger partial charge is 0.462 e. The van der Waals surface area contributed by atoms with Gasteiger partial charge in [-0.1, -0.05) is 129 Å². The van der Waals surface area contributed by atoms with Gasteiger partial charge in [0.05, 0.1) is 27.7 Å². The maximum atomic E-state index is 12.6. The van der Waals surface area contributed by atoms with Crippen LogP contribution in [-0.2, 0) is 32.7 Å². The monoisotopic (exact) mass is 705 g/mol. The number of nitrogens with zero attached hydrogens (tertiary/aromatic N) is 1. The second-order valence-electron chi connectivity index (χ2n) is 14.3. The van der Waals surface area contributed by atoms with E-state index in [0.717, 1.165) is 51.4 Å². The van der Waals surface area contributed by atoms with Crippen LogP contribution in [0.2, 0.25) is 0 Å². The second-order valence-corrected chi connectivity index (χ2v) is 15.8. The number of phosphoric ester groups is 1. The van der Waals surface area contributed by atoms with Crippen molar-refractivity contribution in [3.8, 4) is 0 Å². The molecule has 0 heterocycles. The lowest BCUT2D eigenvalue weighted by Gasteiger charge is -2.24. The Labute approximate surface area is 295 Å². The first-order valence-electron chi connectivity index (χ1n) is 19.4. The normalized spacial score (nSPS) is 13.9. The van der Waals surface area contributed by atoms with E-state index in [4.69, 9.17) is 18.5 Å². The molecule has 0 aliphatic heterocycles. The van der Waals surface area contributed by atoms with Crippen molar-refractivity contribution in [2.45, 2.75) is 174 Å². The summed E-state index contributed by atoms with van der Waals surface area (Å²) in [5.41, 5.74) is 0. The van der Waals surface area contributed by atoms with Gasteiger partial charge in [-0.3, -0.25) is 18.6 Å². The number of unbranched alkanes of at least 4 members (excludes halogenated alkanes) is 19. The van der Waals surface area contributed by atoms with E-state index >= 15 is 0 Å². The van der Waals surface area contributed by atoms with Gasteiger partial charge in [0.2, 0.25) is 0 Å². The number of hydrogen-bond donors (Lipinski definition) is 1. The standard InChI is InChI=1S/C38H74NO8P/c1-6-8-10-12-14-16-17-18-19-20-21-23-25-27-29-31-38(41)47-36(35-46-48(42,43)45-33-32-39(3,4)5)34-44-37(40)30-28-26-24-22-15-13-11-9-7-2/h18-19,36H,6-17,20-35H2,1-5H3/p+1/b19-18-/t36-/m0/s1. The number of allylic oxidation sites excluding steroid dienone is 2. The zero-order valence-electron chi connectivity index (χ0n) is 31.7. The zero-order chi connectivity index (χ0) is 35.8. The SMILES string of the molecule is CCCCCCCC/C=C\CCCCCCCC(=O)O[C@@H](COC(=O)CCCCCCCCCCC)COP(=O)(O)OCC[N+](C)(C)C. The van der Waals surface area contributed by atoms with Crippen molar-refractivity contribution in [2.24, 2.45) is 0 Å². The van der Waals surface area contributed by atoms with Gasteiger partial charge in [-0.25, -0.2) is 4.57 Å². The average Bonchev–Trinajstić information content (AvgIpc) is 3.02. The highest BCUT2D eigenvalue weighted by molar-refractivity contribution is 7.47. The molecule has 0 amide bonds. The first-order chi connectivity index (χ1) is 23.0. The fraction of sp³-hybridized carbons (Fsp3) is 0.895. The minimum Gasteiger partial charge on any atom is -0.462 e. The molecule has 0 bridgehead atoms. The molecule has 9 nitrogen and oxygen atoms in total. The molecule has 284 valence electrons. The van der Waals surface area contributed by atoms with Crippen LogP contribution in [0.25, 0.3) is 0 Å². The summed E-state index contributed by atoms with van der Waals surface area (Å²) in [5.74, 6) is -0.808. The molecule has 0 aromatic carbocycles. The molecule has 0 radical (unpaired) electrons. The van der Waals surface area contributed by atoms with Crippen LogP contribution in [0.3, 0.4) is 0 Å². The summed E-state index contributed by atoms with van der Waals surface area (Å²) in [5, 5.41) is 0. The molecule has 1 unspecified atom stereocenters. The van der Waals surface area contributed by atoms with E-state index in [9.17, 15) is 19.0 Å². The van der Waals surface area contributed by atoms with Crippen LogP contribution in [-0.4, -0.2) is 74.9 Å². The van der Waals surface area contributed by atoms with Crippen molar-refractivity contribution in [1.29, 1.82) is 0 Å². The lowest BCUT2D eigenvalue weighted by molar-refractivity contribution is -0.870. The summed E-state index contributed by atoms with van der Waals surface area (Å²) in [6.45, 7) is 4.38. The van der Waals surface area contributed by atoms with E-state index in [0.29, 0.717) is 23.9 Å². The quantitative estimate of drug-likeness (QED) is 0.0228. The van der Waals surface area contributed by atoms with E-state index in [-0.39, 0.29) is 25.6 Å². The Morgan fingerprint density at radius 1 is 0.625 bits per heavy atom. The van der Waals surface area contributed by atoms with Crippen LogP contribution in [0, 0.1) is 0 Å². The fourth-order valence-corrected chi connectivity index (χ4v) is 5.93. The molecule has 10 heteroatoms. The van der Waals surface area contributed by atoms with Gasteiger partial charge in [-0.05, 0) is 38.5 Å². The number of quaternary nitrogens is 1. The van der Waals surface area contributed by atoms with Gasteiger partial charge in [0.25, 0.3) is 0 Å². The van der Waals surface area contributed by atoms with Crippen LogP contribution in [0.4, 0.5) is 0 Å². The summed E-state index contributed by atoms with van der Waals surface area (Å²) in [7, 11) is 1.48. The highest BCUT2D eigenvalue weighted by Gasteiger charge is 2.27. The van der Waals surface area contributed by atoms with Crippen molar-refractivity contribution in [3.05, 3.63) is 12.2 Å². The highest BCUT2D eigenvalue weighted by Crippen LogP contribution is 2.43. The van der Waals surface area contributed by atoms with E-state index in [1.54, 1.807) is 0 Å². The lowest BCUT2D eigenvalue weighted by Crippen LogP contribution is -2.37. The van der Waals surface area contributed by atoms with Gasteiger partial charge in [0.15, 0.2) is 6.10 Å². The maximum absolute atomic E-state index is 12.6. The number of rotatable bonds is 35. The van der Waals surface area contributed by atoms with Gasteiger partial charge in [-0.2, -0.15) is 0 Å². The number of carbonyl (C=O) groups is 2. The average molecular weight is 705 g/mol. The summed E-state index contributed by atoms with van der Waals surface area (Å²) < 4.78 is 34.1. The Kier molecular flexibility index (Phi) is 30.9. The Morgan fingerprint density at radius 2 is 1.06 bits per heavy atom. The molecular formula is C38H75NO8P+. The Morgan fingerprint density at radius 3 is 1.54 bits per heavy atom. The van der Waals surface area contributed by atoms with Gasteiger partial charge < -0.3 is 18.9 Å². The third-order valence-electron chi connectivity index (χ3n) is 8.30. The van der Waals surface area contributed by atoms with E-state index in [2.05, 4.69) is 26.0 Å². The number of likely N-dealkylation sites (N-methyl/N-ethyl adjacent to an activating group) is 1. The number of carbonyl (C=O) groups excluding carboxylic acids is 2. The van der Waals surface area contributed by atoms with E-state index in [1.165, 1.54) is 83.5 Å². The van der Waals surface area contributed by atoms with Crippen LogP contribution >= 0.6 is 7.82 Å². The molecule has 0 aliphatic rings. The van der Waals surface area contributed by atoms with Crippen LogP contribution in [0.15, 0.2) is 12.2 Å². The molecular weight excluding hydrogens is 629 g/mol. The van der Waals surface area contributed by atoms with E-state index in [1.807, 2.05) is 21.1 Å². The minimum absolute atomic E-state index is 0.0327. The Hall–Kier alpha value is -1.25. The van der Waals surface area contributed by atoms with Crippen molar-refractivity contribution in [1.82, 2.24) is 0 Å². The first-order valence-corrected chi connectivity index (χ1v) is 20.9. The summed E-state index contributed by atoms with van der Waals surface area (Å²) in [4.78, 5) is 35.1. The maximum Gasteiger partial charge on any atom is 0.472 e. The highest BCUT2D eigenvalue weighted by atomic mass is 31.2. The number of esters is 2. The topological polar surface area (TPSA) is 108 Å². The molecule has 0 aromatic heterocycles. The molecule has 0 saturated carbocycles. The van der Waals surface area contributed by atoms with Crippen molar-refractivity contribution in [3.63, 3.8) is 0 Å². The van der Waals surface area contributed by atoms with Crippen LogP contribution in [0.1, 0.15) is 168 Å². The molecule has 0 aliphatic carbocycles. The molecule has 0 saturated heterocycles. The zero-order valence-corrected chi connectivity index (χ0v) is 32.6. The van der Waals surface area contributed by atoms with Gasteiger partial charge in [-0.15, -0.1) is 0 Å². The summed E-state index contributed by atoms with van der Waals surface area (Å²) in [6, 6.07) is 0. The molecule has 0 fully saturated rings. The molecule has 0 spiro atoms. The van der Waals surface area contributed by atoms with Gasteiger partial charge in [0, 0.05) is 12.8 Å². The molecule has 0 aromatic rings. The van der Waals surface area contributed by atoms with Crippen molar-refractivity contribution < 1.29 is 42.1 Å². The largest absolute Gasteiger partial charge is 0.472 e. The third kappa shape index (κ3) is 34.6. The first kappa shape index (κ1) is 46.8. The third-order valence-corrected chi connectivity index (χ3v) is 9.28. The molecule has 48 heavy (non-hydrogen) atoms. The second kappa shape index (κ2) is 31.7. The molecule has 2 atom stereocenters. The fourth-order valence-electron chi connectivity index (χ4n) is 5.18. The summed E-state index contributed by atoms with van der Waals surface area (Å²) in [6.07, 6.45) is 29.7. The Balaban J connectivity index is 4.42. The summed E-state index contributed by atoms with van der Waals surface area (Å²) >= 11 is 0.